The molecule has 0 aliphatic heterocycles. The second-order valence-corrected chi connectivity index (χ2v) is 12.1. The number of aromatic nitrogens is 1. The van der Waals surface area contributed by atoms with Crippen LogP contribution >= 0.6 is 0 Å². The number of nitrogens with one attached hydrogen (secondary N) is 2. The summed E-state index contributed by atoms with van der Waals surface area (Å²) in [5.74, 6) is -0.785. The van der Waals surface area contributed by atoms with Crippen LogP contribution in [0.1, 0.15) is 65.5 Å². The molecule has 0 bridgehead atoms. The fourth-order valence-electron chi connectivity index (χ4n) is 7.37. The fraction of sp³-hybridized carbons (Fsp3) is 0.469. The van der Waals surface area contributed by atoms with E-state index in [0.29, 0.717) is 23.8 Å². The summed E-state index contributed by atoms with van der Waals surface area (Å²) in [7, 11) is 0. The summed E-state index contributed by atoms with van der Waals surface area (Å²) < 4.78 is 0. The van der Waals surface area contributed by atoms with E-state index < -0.39 is 12.0 Å². The lowest BCUT2D eigenvalue weighted by atomic mass is 9.46. The summed E-state index contributed by atoms with van der Waals surface area (Å²) in [6.07, 6.45) is 10.1. The molecule has 5 rings (SSSR count). The number of aromatic amines is 1. The minimum absolute atomic E-state index is 0.0746. The number of aliphatic carboxylic acids is 1. The third-order valence-electron chi connectivity index (χ3n) is 9.94. The van der Waals surface area contributed by atoms with Gasteiger partial charge in [0.2, 0.25) is 5.78 Å². The van der Waals surface area contributed by atoms with Crippen molar-refractivity contribution in [3.05, 3.63) is 71.1 Å². The van der Waals surface area contributed by atoms with Gasteiger partial charge in [-0.05, 0) is 85.3 Å². The van der Waals surface area contributed by atoms with E-state index >= 15 is 0 Å². The lowest BCUT2D eigenvalue weighted by Gasteiger charge is -2.58. The van der Waals surface area contributed by atoms with E-state index in [4.69, 9.17) is 0 Å². The zero-order valence-corrected chi connectivity index (χ0v) is 22.8. The topological polar surface area (TPSA) is 99.3 Å². The van der Waals surface area contributed by atoms with Crippen LogP contribution in [0.5, 0.6) is 0 Å². The van der Waals surface area contributed by atoms with Gasteiger partial charge in [0, 0.05) is 29.3 Å². The number of Topliss-reactive ketones (excluding diaryl/α,β-unsaturated/α-hetero) is 1. The van der Waals surface area contributed by atoms with Crippen LogP contribution in [0, 0.1) is 22.7 Å². The van der Waals surface area contributed by atoms with Gasteiger partial charge in [0.1, 0.15) is 6.04 Å². The molecule has 1 aromatic heterocycles. The molecule has 0 saturated heterocycles. The molecule has 1 aromatic carbocycles. The summed E-state index contributed by atoms with van der Waals surface area (Å²) >= 11 is 0. The van der Waals surface area contributed by atoms with E-state index in [1.54, 1.807) is 0 Å². The number of carbonyl (C=O) groups is 3. The Balaban J connectivity index is 1.36. The molecule has 0 amide bonds. The summed E-state index contributed by atoms with van der Waals surface area (Å²) in [4.78, 5) is 41.9. The maximum Gasteiger partial charge on any atom is 0.326 e. The summed E-state index contributed by atoms with van der Waals surface area (Å²) in [5.41, 5.74) is 3.65. The average molecular weight is 515 g/mol. The molecule has 6 nitrogen and oxygen atoms in total. The standard InChI is InChI=1S/C32H38N2O4/c1-19-8-7-11-28-31(19,3)13-12-20(2)32(28,4)18-22-15-24(35)17-26(29(22)36)34-27(30(37)38)16-23-14-21-9-5-6-10-25(21)33-23/h5-6,8-10,14-15,17,20,27-28,33-34H,7,11-13,16,18H2,1-4H3,(H,37,38)/t20-,27-,28+,31+,32+/m0/s1. The molecule has 0 radical (unpaired) electrons. The lowest BCUT2D eigenvalue weighted by molar-refractivity contribution is -0.139. The molecule has 3 N–H and O–H groups in total. The molecule has 38 heavy (non-hydrogen) atoms. The van der Waals surface area contributed by atoms with Crippen molar-refractivity contribution in [2.75, 3.05) is 0 Å². The van der Waals surface area contributed by atoms with Gasteiger partial charge in [-0.25, -0.2) is 4.79 Å². The van der Waals surface area contributed by atoms with Gasteiger partial charge in [0.15, 0.2) is 5.78 Å². The molecule has 3 aliphatic carbocycles. The van der Waals surface area contributed by atoms with E-state index in [-0.39, 0.29) is 34.5 Å². The Morgan fingerprint density at radius 2 is 1.95 bits per heavy atom. The Morgan fingerprint density at radius 3 is 2.68 bits per heavy atom. The minimum atomic E-state index is -1.07. The third-order valence-corrected chi connectivity index (χ3v) is 9.94. The molecule has 0 spiro atoms. The highest BCUT2D eigenvalue weighted by Crippen LogP contribution is 2.62. The first kappa shape index (κ1) is 26.2. The second kappa shape index (κ2) is 9.72. The number of H-pyrrole nitrogens is 1. The number of rotatable bonds is 7. The van der Waals surface area contributed by atoms with Gasteiger partial charge in [-0.1, -0.05) is 50.6 Å². The Kier molecular flexibility index (Phi) is 6.70. The molecule has 3 aliphatic rings. The number of fused-ring (bicyclic) bond motifs is 2. The van der Waals surface area contributed by atoms with Crippen LogP contribution in [-0.2, 0) is 20.8 Å². The summed E-state index contributed by atoms with van der Waals surface area (Å²) in [5, 5.41) is 13.9. The number of hydrogen-bond donors (Lipinski definition) is 3. The van der Waals surface area contributed by atoms with Gasteiger partial charge < -0.3 is 15.4 Å². The maximum absolute atomic E-state index is 13.7. The number of benzene rings is 1. The number of ketones is 2. The second-order valence-electron chi connectivity index (χ2n) is 12.1. The number of carboxylic acid groups (broad SMARTS) is 1. The van der Waals surface area contributed by atoms with Crippen molar-refractivity contribution in [2.45, 2.75) is 72.3 Å². The first-order chi connectivity index (χ1) is 18.0. The first-order valence-electron chi connectivity index (χ1n) is 13.8. The molecular weight excluding hydrogens is 476 g/mol. The van der Waals surface area contributed by atoms with Crippen molar-refractivity contribution in [1.29, 1.82) is 0 Å². The van der Waals surface area contributed by atoms with Crippen molar-refractivity contribution in [3.63, 3.8) is 0 Å². The Hall–Kier alpha value is -3.41. The zero-order chi connectivity index (χ0) is 27.2. The van der Waals surface area contributed by atoms with Crippen molar-refractivity contribution >= 4 is 28.4 Å². The minimum Gasteiger partial charge on any atom is -0.480 e. The van der Waals surface area contributed by atoms with Crippen LogP contribution in [0.3, 0.4) is 0 Å². The predicted octanol–water partition coefficient (Wildman–Crippen LogP) is 5.90. The quantitative estimate of drug-likeness (QED) is 0.315. The van der Waals surface area contributed by atoms with E-state index in [9.17, 15) is 19.5 Å². The Bertz CT molecular complexity index is 1360. The van der Waals surface area contributed by atoms with Gasteiger partial charge >= 0.3 is 5.97 Å². The van der Waals surface area contributed by atoms with Gasteiger partial charge in [0.05, 0.1) is 5.70 Å². The van der Waals surface area contributed by atoms with Crippen LogP contribution in [0.2, 0.25) is 0 Å². The molecule has 6 heteroatoms. The smallest absolute Gasteiger partial charge is 0.326 e. The highest BCUT2D eigenvalue weighted by molar-refractivity contribution is 6.20. The third kappa shape index (κ3) is 4.55. The van der Waals surface area contributed by atoms with E-state index in [0.717, 1.165) is 42.3 Å². The molecular formula is C32H38N2O4. The number of hydrogen-bond acceptors (Lipinski definition) is 4. The van der Waals surface area contributed by atoms with E-state index in [2.05, 4.69) is 44.1 Å². The molecule has 1 heterocycles. The number of carboxylic acids is 1. The maximum atomic E-state index is 13.7. The highest BCUT2D eigenvalue weighted by atomic mass is 16.4. The molecule has 1 saturated carbocycles. The van der Waals surface area contributed by atoms with E-state index in [1.165, 1.54) is 17.7 Å². The van der Waals surface area contributed by atoms with Crippen LogP contribution in [-0.4, -0.2) is 33.7 Å². The molecule has 0 unspecified atom stereocenters. The van der Waals surface area contributed by atoms with Crippen molar-refractivity contribution in [2.24, 2.45) is 22.7 Å². The van der Waals surface area contributed by atoms with Crippen molar-refractivity contribution in [3.8, 4) is 0 Å². The van der Waals surface area contributed by atoms with Crippen molar-refractivity contribution < 1.29 is 19.5 Å². The highest BCUT2D eigenvalue weighted by Gasteiger charge is 2.53. The molecule has 2 aromatic rings. The number of para-hydroxylation sites is 1. The summed E-state index contributed by atoms with van der Waals surface area (Å²) in [6, 6.07) is 8.61. The number of allylic oxidation sites excluding steroid dienone is 5. The number of carbonyl (C=O) groups excluding carboxylic acids is 2. The van der Waals surface area contributed by atoms with E-state index in [1.807, 2.05) is 30.3 Å². The van der Waals surface area contributed by atoms with Crippen LogP contribution < -0.4 is 5.32 Å². The van der Waals surface area contributed by atoms with Crippen LogP contribution in [0.15, 0.2) is 65.4 Å². The summed E-state index contributed by atoms with van der Waals surface area (Å²) in [6.45, 7) is 9.17. The SMILES string of the molecule is CC1=CCC[C@H]2[C@](C)(CC3=CC(=O)C=C(N[C@@H](Cc4cc5ccccc5[nH]4)C(=O)O)C3=O)[C@@H](C)CC[C@]12C. The molecule has 5 atom stereocenters. The fourth-order valence-corrected chi connectivity index (χ4v) is 7.37. The zero-order valence-electron chi connectivity index (χ0n) is 22.8. The predicted molar refractivity (Wildman–Crippen MR) is 148 cm³/mol. The first-order valence-corrected chi connectivity index (χ1v) is 13.8. The van der Waals surface area contributed by atoms with Crippen LogP contribution in [0.25, 0.3) is 10.9 Å². The van der Waals surface area contributed by atoms with Gasteiger partial charge in [0.25, 0.3) is 0 Å². The normalized spacial score (nSPS) is 30.3. The van der Waals surface area contributed by atoms with Gasteiger partial charge in [-0.15, -0.1) is 0 Å². The lowest BCUT2D eigenvalue weighted by Crippen LogP contribution is -2.50. The average Bonchev–Trinajstić information content (AvgIpc) is 3.28. The van der Waals surface area contributed by atoms with Gasteiger partial charge in [-0.2, -0.15) is 0 Å². The van der Waals surface area contributed by atoms with Crippen LogP contribution in [0.4, 0.5) is 0 Å². The Labute approximate surface area is 224 Å². The largest absolute Gasteiger partial charge is 0.480 e. The monoisotopic (exact) mass is 514 g/mol. The van der Waals surface area contributed by atoms with Crippen molar-refractivity contribution in [1.82, 2.24) is 10.3 Å². The molecule has 200 valence electrons. The molecule has 1 fully saturated rings. The van der Waals surface area contributed by atoms with Gasteiger partial charge in [-0.3, -0.25) is 9.59 Å². The Morgan fingerprint density at radius 1 is 1.18 bits per heavy atom.